The van der Waals surface area contributed by atoms with Gasteiger partial charge in [0.25, 0.3) is 0 Å². The van der Waals surface area contributed by atoms with Gasteiger partial charge in [0.2, 0.25) is 11.6 Å². The summed E-state index contributed by atoms with van der Waals surface area (Å²) in [6, 6.07) is 7.55. The van der Waals surface area contributed by atoms with Crippen molar-refractivity contribution in [2.45, 2.75) is 6.42 Å². The number of benzene rings is 1. The van der Waals surface area contributed by atoms with Gasteiger partial charge in [0, 0.05) is 12.5 Å². The summed E-state index contributed by atoms with van der Waals surface area (Å²) < 4.78 is 18.5. The van der Waals surface area contributed by atoms with E-state index in [1.54, 1.807) is 12.1 Å². The lowest BCUT2D eigenvalue weighted by atomic mass is 10.1. The zero-order valence-corrected chi connectivity index (χ0v) is 11.7. The molecule has 0 aliphatic heterocycles. The van der Waals surface area contributed by atoms with Gasteiger partial charge in [-0.25, -0.2) is 4.39 Å². The summed E-state index contributed by atoms with van der Waals surface area (Å²) in [6.07, 6.45) is 2.63. The average molecular weight is 314 g/mol. The molecule has 0 saturated carbocycles. The number of hydrogen-bond acceptors (Lipinski definition) is 6. The first-order valence-electron chi connectivity index (χ1n) is 6.63. The fourth-order valence-electron chi connectivity index (χ4n) is 2.07. The van der Waals surface area contributed by atoms with E-state index in [0.29, 0.717) is 16.9 Å². The van der Waals surface area contributed by atoms with Crippen LogP contribution in [-0.2, 0) is 6.42 Å². The number of ketones is 1. The maximum Gasteiger partial charge on any atom is 0.244 e. The van der Waals surface area contributed by atoms with Crippen molar-refractivity contribution >= 4 is 11.5 Å². The number of aliphatic hydroxyl groups excluding tert-OH is 1. The third-order valence-electron chi connectivity index (χ3n) is 3.11. The second kappa shape index (κ2) is 6.22. The number of allylic oxidation sites excluding steroid dienone is 1. The molecule has 23 heavy (non-hydrogen) atoms. The molecular formula is C15H11FN4O3. The molecule has 2 N–H and O–H groups in total. The van der Waals surface area contributed by atoms with Crippen LogP contribution in [0.2, 0.25) is 0 Å². The van der Waals surface area contributed by atoms with Crippen molar-refractivity contribution in [3.8, 4) is 0 Å². The molecule has 0 saturated heterocycles. The standard InChI is InChI=1S/C15H11FN4O3/c16-10-3-1-2-9(6-10)7-14-11(4-5-23-14)12(21)8-13(22)15-17-19-20-18-15/h1-6,8,21H,7H2,(H,17,18,19,20). The molecule has 0 radical (unpaired) electrons. The summed E-state index contributed by atoms with van der Waals surface area (Å²) in [7, 11) is 0. The number of furan rings is 1. The quantitative estimate of drug-likeness (QED) is 0.425. The van der Waals surface area contributed by atoms with E-state index in [1.807, 2.05) is 0 Å². The van der Waals surface area contributed by atoms with Gasteiger partial charge in [0.15, 0.2) is 0 Å². The number of rotatable bonds is 5. The van der Waals surface area contributed by atoms with Crippen molar-refractivity contribution in [3.63, 3.8) is 0 Å². The minimum Gasteiger partial charge on any atom is -0.507 e. The van der Waals surface area contributed by atoms with E-state index in [9.17, 15) is 14.3 Å². The molecule has 0 amide bonds. The van der Waals surface area contributed by atoms with Crippen LogP contribution in [0.4, 0.5) is 4.39 Å². The van der Waals surface area contributed by atoms with Crippen molar-refractivity contribution < 1.29 is 18.7 Å². The highest BCUT2D eigenvalue weighted by Gasteiger charge is 2.15. The number of hydrogen-bond donors (Lipinski definition) is 2. The fourth-order valence-corrected chi connectivity index (χ4v) is 2.07. The number of carbonyl (C=O) groups excluding carboxylic acids is 1. The molecule has 1 aromatic carbocycles. The van der Waals surface area contributed by atoms with Crippen LogP contribution in [0, 0.1) is 5.82 Å². The van der Waals surface area contributed by atoms with E-state index in [-0.39, 0.29) is 23.8 Å². The number of H-pyrrole nitrogens is 1. The topological polar surface area (TPSA) is 105 Å². The van der Waals surface area contributed by atoms with Crippen LogP contribution in [0.15, 0.2) is 47.1 Å². The van der Waals surface area contributed by atoms with Crippen LogP contribution >= 0.6 is 0 Å². The van der Waals surface area contributed by atoms with Crippen LogP contribution in [0.1, 0.15) is 27.5 Å². The molecule has 0 fully saturated rings. The number of tetrazole rings is 1. The Balaban J connectivity index is 1.84. The third kappa shape index (κ3) is 3.31. The highest BCUT2D eigenvalue weighted by atomic mass is 19.1. The zero-order valence-electron chi connectivity index (χ0n) is 11.7. The molecule has 8 heteroatoms. The molecule has 3 rings (SSSR count). The van der Waals surface area contributed by atoms with Crippen LogP contribution in [0.25, 0.3) is 5.76 Å². The average Bonchev–Trinajstić information content (AvgIpc) is 3.18. The highest BCUT2D eigenvalue weighted by molar-refractivity contribution is 6.05. The van der Waals surface area contributed by atoms with Gasteiger partial charge in [-0.05, 0) is 29.0 Å². The number of halogens is 1. The fraction of sp³-hybridized carbons (Fsp3) is 0.0667. The Morgan fingerprint density at radius 3 is 3.00 bits per heavy atom. The molecule has 0 atom stereocenters. The SMILES string of the molecule is O=C(C=C(O)c1ccoc1Cc1cccc(F)c1)c1nn[nH]n1. The van der Waals surface area contributed by atoms with Gasteiger partial charge < -0.3 is 9.52 Å². The summed E-state index contributed by atoms with van der Waals surface area (Å²) in [5.41, 5.74) is 1.02. The largest absolute Gasteiger partial charge is 0.507 e. The lowest BCUT2D eigenvalue weighted by Gasteiger charge is -2.03. The predicted octanol–water partition coefficient (Wildman–Crippen LogP) is 2.30. The summed E-state index contributed by atoms with van der Waals surface area (Å²) in [6.45, 7) is 0. The smallest absolute Gasteiger partial charge is 0.244 e. The number of aromatic nitrogens is 4. The summed E-state index contributed by atoms with van der Waals surface area (Å²) in [5, 5.41) is 22.6. The summed E-state index contributed by atoms with van der Waals surface area (Å²) in [5.74, 6) is -1.01. The van der Waals surface area contributed by atoms with Gasteiger partial charge in [0.05, 0.1) is 11.8 Å². The number of carbonyl (C=O) groups is 1. The monoisotopic (exact) mass is 314 g/mol. The third-order valence-corrected chi connectivity index (χ3v) is 3.11. The minimum atomic E-state index is -0.603. The Morgan fingerprint density at radius 2 is 2.26 bits per heavy atom. The van der Waals surface area contributed by atoms with Crippen molar-refractivity contribution in [1.82, 2.24) is 20.6 Å². The van der Waals surface area contributed by atoms with Crippen molar-refractivity contribution in [3.05, 3.63) is 71.2 Å². The number of aromatic amines is 1. The molecule has 0 spiro atoms. The van der Waals surface area contributed by atoms with Crippen LogP contribution < -0.4 is 0 Å². The van der Waals surface area contributed by atoms with Crippen LogP contribution in [-0.4, -0.2) is 31.5 Å². The molecule has 116 valence electrons. The highest BCUT2D eigenvalue weighted by Crippen LogP contribution is 2.22. The maximum absolute atomic E-state index is 13.2. The Labute approximate surface area is 129 Å². The van der Waals surface area contributed by atoms with E-state index in [2.05, 4.69) is 20.6 Å². The van der Waals surface area contributed by atoms with Crippen LogP contribution in [0.5, 0.6) is 0 Å². The number of nitrogens with zero attached hydrogens (tertiary/aromatic N) is 3. The number of aliphatic hydroxyl groups is 1. The second-order valence-corrected chi connectivity index (χ2v) is 4.69. The van der Waals surface area contributed by atoms with E-state index < -0.39 is 5.78 Å². The molecule has 2 heterocycles. The predicted molar refractivity (Wildman–Crippen MR) is 77.0 cm³/mol. The normalized spacial score (nSPS) is 11.6. The van der Waals surface area contributed by atoms with Gasteiger partial charge in [-0.15, -0.1) is 10.2 Å². The first kappa shape index (κ1) is 14.6. The Hall–Kier alpha value is -3.29. The van der Waals surface area contributed by atoms with Gasteiger partial charge >= 0.3 is 0 Å². The van der Waals surface area contributed by atoms with Crippen molar-refractivity contribution in [1.29, 1.82) is 0 Å². The first-order chi connectivity index (χ1) is 11.1. The molecular weight excluding hydrogens is 303 g/mol. The van der Waals surface area contributed by atoms with E-state index in [1.165, 1.54) is 24.5 Å². The molecule has 0 aliphatic carbocycles. The summed E-state index contributed by atoms with van der Waals surface area (Å²) >= 11 is 0. The minimum absolute atomic E-state index is 0.160. The molecule has 0 unspecified atom stereocenters. The lowest BCUT2D eigenvalue weighted by Crippen LogP contribution is -2.00. The second-order valence-electron chi connectivity index (χ2n) is 4.69. The van der Waals surface area contributed by atoms with Gasteiger partial charge in [-0.2, -0.15) is 5.21 Å². The number of nitrogens with one attached hydrogen (secondary N) is 1. The van der Waals surface area contributed by atoms with Crippen molar-refractivity contribution in [2.75, 3.05) is 0 Å². The zero-order chi connectivity index (χ0) is 16.2. The van der Waals surface area contributed by atoms with Gasteiger partial charge in [-0.3, -0.25) is 4.79 Å². The van der Waals surface area contributed by atoms with Crippen molar-refractivity contribution in [2.24, 2.45) is 0 Å². The van der Waals surface area contributed by atoms with Gasteiger partial charge in [-0.1, -0.05) is 12.1 Å². The molecule has 0 bridgehead atoms. The Bertz CT molecular complexity index is 855. The molecule has 0 aliphatic rings. The lowest BCUT2D eigenvalue weighted by molar-refractivity contribution is 0.103. The van der Waals surface area contributed by atoms with E-state index in [0.717, 1.165) is 6.08 Å². The first-order valence-corrected chi connectivity index (χ1v) is 6.63. The van der Waals surface area contributed by atoms with E-state index in [4.69, 9.17) is 4.42 Å². The Kier molecular flexibility index (Phi) is 3.96. The summed E-state index contributed by atoms with van der Waals surface area (Å²) in [4.78, 5) is 11.8. The molecule has 2 aromatic heterocycles. The van der Waals surface area contributed by atoms with Gasteiger partial charge in [0.1, 0.15) is 17.3 Å². The molecule has 7 nitrogen and oxygen atoms in total. The molecule has 3 aromatic rings. The van der Waals surface area contributed by atoms with Crippen LogP contribution in [0.3, 0.4) is 0 Å². The Morgan fingerprint density at radius 1 is 1.39 bits per heavy atom. The van der Waals surface area contributed by atoms with E-state index >= 15 is 0 Å². The maximum atomic E-state index is 13.2.